The molecule has 0 aliphatic carbocycles. The molecule has 0 aromatic heterocycles. The third-order valence-corrected chi connectivity index (χ3v) is 7.23. The van der Waals surface area contributed by atoms with Gasteiger partial charge in [-0.05, 0) is 61.6 Å². The number of ether oxygens (including phenoxy) is 1. The fourth-order valence-electron chi connectivity index (χ4n) is 3.66. The van der Waals surface area contributed by atoms with Crippen LogP contribution in [0.2, 0.25) is 0 Å². The highest BCUT2D eigenvalue weighted by Crippen LogP contribution is 2.25. The minimum absolute atomic E-state index is 0.167. The van der Waals surface area contributed by atoms with E-state index in [4.69, 9.17) is 4.74 Å². The van der Waals surface area contributed by atoms with Crippen molar-refractivity contribution < 1.29 is 17.9 Å². The predicted molar refractivity (Wildman–Crippen MR) is 113 cm³/mol. The number of hydrogen-bond donors (Lipinski definition) is 1. The smallest absolute Gasteiger partial charge is 0.251 e. The van der Waals surface area contributed by atoms with Gasteiger partial charge < -0.3 is 10.1 Å². The van der Waals surface area contributed by atoms with E-state index >= 15 is 0 Å². The fourth-order valence-corrected chi connectivity index (χ4v) is 5.22. The van der Waals surface area contributed by atoms with Crippen molar-refractivity contribution in [1.29, 1.82) is 0 Å². The lowest BCUT2D eigenvalue weighted by molar-refractivity contribution is 0.0935. The van der Waals surface area contributed by atoms with Crippen molar-refractivity contribution in [3.8, 4) is 5.75 Å². The van der Waals surface area contributed by atoms with Crippen molar-refractivity contribution in [2.45, 2.75) is 44.0 Å². The number of aryl methyl sites for hydroxylation is 1. The summed E-state index contributed by atoms with van der Waals surface area (Å²) >= 11 is 0. The molecule has 0 unspecified atom stereocenters. The van der Waals surface area contributed by atoms with Gasteiger partial charge in [0.05, 0.1) is 18.0 Å². The van der Waals surface area contributed by atoms with Gasteiger partial charge in [0.1, 0.15) is 5.75 Å². The first-order valence-electron chi connectivity index (χ1n) is 9.92. The Morgan fingerprint density at radius 3 is 2.52 bits per heavy atom. The van der Waals surface area contributed by atoms with Gasteiger partial charge in [0.2, 0.25) is 10.0 Å². The topological polar surface area (TPSA) is 75.7 Å². The molecule has 2 aromatic rings. The summed E-state index contributed by atoms with van der Waals surface area (Å²) in [5.74, 6) is 0.513. The zero-order chi connectivity index (χ0) is 21.0. The second-order valence-electron chi connectivity index (χ2n) is 7.30. The zero-order valence-electron chi connectivity index (χ0n) is 17.1. The average molecular weight is 417 g/mol. The average Bonchev–Trinajstić information content (AvgIpc) is 3.27. The summed E-state index contributed by atoms with van der Waals surface area (Å²) in [4.78, 5) is 13.0. The predicted octanol–water partition coefficient (Wildman–Crippen LogP) is 3.67. The molecule has 6 nitrogen and oxygen atoms in total. The molecule has 0 radical (unpaired) electrons. The van der Waals surface area contributed by atoms with Crippen LogP contribution >= 0.6 is 0 Å². The number of sulfonamides is 1. The van der Waals surface area contributed by atoms with E-state index < -0.39 is 10.0 Å². The molecule has 2 aromatic carbocycles. The third-order valence-electron chi connectivity index (χ3n) is 5.33. The third kappa shape index (κ3) is 4.62. The minimum Gasteiger partial charge on any atom is -0.496 e. The maximum Gasteiger partial charge on any atom is 0.251 e. The van der Waals surface area contributed by atoms with Crippen molar-refractivity contribution in [3.63, 3.8) is 0 Å². The molecule has 1 heterocycles. The number of carbonyl (C=O) groups is 1. The lowest BCUT2D eigenvalue weighted by Gasteiger charge is -2.20. The summed E-state index contributed by atoms with van der Waals surface area (Å²) in [5, 5.41) is 3.02. The van der Waals surface area contributed by atoms with Gasteiger partial charge in [-0.2, -0.15) is 4.31 Å². The van der Waals surface area contributed by atoms with Gasteiger partial charge >= 0.3 is 0 Å². The van der Waals surface area contributed by atoms with Gasteiger partial charge in [-0.15, -0.1) is 0 Å². The Labute approximate surface area is 172 Å². The molecule has 1 amide bonds. The van der Waals surface area contributed by atoms with Crippen molar-refractivity contribution in [2.24, 2.45) is 0 Å². The number of methoxy groups -OCH3 is 1. The van der Waals surface area contributed by atoms with Crippen LogP contribution in [-0.2, 0) is 10.0 Å². The first-order chi connectivity index (χ1) is 13.9. The largest absolute Gasteiger partial charge is 0.496 e. The van der Waals surface area contributed by atoms with E-state index in [-0.39, 0.29) is 16.8 Å². The van der Waals surface area contributed by atoms with Crippen molar-refractivity contribution in [2.75, 3.05) is 20.2 Å². The van der Waals surface area contributed by atoms with Gasteiger partial charge in [-0.3, -0.25) is 4.79 Å². The minimum atomic E-state index is -3.55. The Bertz CT molecular complexity index is 982. The molecular formula is C22H28N2O4S. The molecule has 156 valence electrons. The van der Waals surface area contributed by atoms with Gasteiger partial charge in [-0.25, -0.2) is 8.42 Å². The summed E-state index contributed by atoms with van der Waals surface area (Å²) in [5.41, 5.74) is 2.32. The molecular weight excluding hydrogens is 388 g/mol. The van der Waals surface area contributed by atoms with Crippen molar-refractivity contribution in [1.82, 2.24) is 9.62 Å². The molecule has 1 aliphatic heterocycles. The molecule has 1 fully saturated rings. The zero-order valence-corrected chi connectivity index (χ0v) is 18.0. The highest BCUT2D eigenvalue weighted by Gasteiger charge is 2.27. The highest BCUT2D eigenvalue weighted by molar-refractivity contribution is 7.89. The maximum atomic E-state index is 12.9. The Hall–Kier alpha value is -2.38. The second kappa shape index (κ2) is 8.97. The van der Waals surface area contributed by atoms with Gasteiger partial charge in [-0.1, -0.05) is 25.1 Å². The van der Waals surface area contributed by atoms with Crippen LogP contribution in [0.15, 0.2) is 47.4 Å². The van der Waals surface area contributed by atoms with Crippen LogP contribution in [0.25, 0.3) is 0 Å². The number of amides is 1. The standard InChI is InChI=1S/C22H28N2O4S/c1-4-20(17-10-11-21(28-3)16(2)14-17)23-22(25)18-8-7-9-19(15-18)29(26,27)24-12-5-6-13-24/h7-11,14-15,20H,4-6,12-13H2,1-3H3,(H,23,25)/t20-/m1/s1. The van der Waals surface area contributed by atoms with E-state index in [0.29, 0.717) is 25.1 Å². The molecule has 0 spiro atoms. The monoisotopic (exact) mass is 416 g/mol. The second-order valence-corrected chi connectivity index (χ2v) is 9.24. The SMILES string of the molecule is CC[C@@H](NC(=O)c1cccc(S(=O)(=O)N2CCCC2)c1)c1ccc(OC)c(C)c1. The number of hydrogen-bond acceptors (Lipinski definition) is 4. The molecule has 1 aliphatic rings. The van der Waals surface area contributed by atoms with Crippen LogP contribution in [0.1, 0.15) is 53.7 Å². The number of nitrogens with zero attached hydrogens (tertiary/aromatic N) is 1. The van der Waals surface area contributed by atoms with Crippen molar-refractivity contribution >= 4 is 15.9 Å². The van der Waals surface area contributed by atoms with E-state index in [1.165, 1.54) is 10.4 Å². The summed E-state index contributed by atoms with van der Waals surface area (Å²) in [6.07, 6.45) is 2.46. The van der Waals surface area contributed by atoms with Crippen LogP contribution in [-0.4, -0.2) is 38.8 Å². The maximum absolute atomic E-state index is 12.9. The highest BCUT2D eigenvalue weighted by atomic mass is 32.2. The van der Waals surface area contributed by atoms with Gasteiger partial charge in [0.15, 0.2) is 0 Å². The number of carbonyl (C=O) groups excluding carboxylic acids is 1. The molecule has 7 heteroatoms. The molecule has 1 saturated heterocycles. The van der Waals surface area contributed by atoms with E-state index in [9.17, 15) is 13.2 Å². The fraction of sp³-hybridized carbons (Fsp3) is 0.409. The Kier molecular flexibility index (Phi) is 6.59. The Morgan fingerprint density at radius 2 is 1.90 bits per heavy atom. The van der Waals surface area contributed by atoms with Crippen LogP contribution in [0.4, 0.5) is 0 Å². The summed E-state index contributed by atoms with van der Waals surface area (Å²) in [7, 11) is -1.93. The van der Waals surface area contributed by atoms with Crippen LogP contribution < -0.4 is 10.1 Å². The van der Waals surface area contributed by atoms with Gasteiger partial charge in [0, 0.05) is 18.7 Å². The molecule has 29 heavy (non-hydrogen) atoms. The van der Waals surface area contributed by atoms with Gasteiger partial charge in [0.25, 0.3) is 5.91 Å². The van der Waals surface area contributed by atoms with E-state index in [0.717, 1.165) is 29.7 Å². The van der Waals surface area contributed by atoms with Crippen LogP contribution in [0.5, 0.6) is 5.75 Å². The quantitative estimate of drug-likeness (QED) is 0.747. The van der Waals surface area contributed by atoms with Crippen LogP contribution in [0, 0.1) is 6.92 Å². The van der Waals surface area contributed by atoms with Crippen LogP contribution in [0.3, 0.4) is 0 Å². The first kappa shape index (κ1) is 21.3. The summed E-state index contributed by atoms with van der Waals surface area (Å²) in [6.45, 7) is 5.03. The molecule has 0 saturated carbocycles. The summed E-state index contributed by atoms with van der Waals surface area (Å²) < 4.78 is 32.4. The van der Waals surface area contributed by atoms with Crippen molar-refractivity contribution in [3.05, 3.63) is 59.2 Å². The normalized spacial score (nSPS) is 15.8. The summed E-state index contributed by atoms with van der Waals surface area (Å²) in [6, 6.07) is 11.9. The lowest BCUT2D eigenvalue weighted by Crippen LogP contribution is -2.30. The van der Waals surface area contributed by atoms with E-state index in [1.807, 2.05) is 32.0 Å². The van der Waals surface area contributed by atoms with E-state index in [1.54, 1.807) is 25.3 Å². The molecule has 0 bridgehead atoms. The van der Waals surface area contributed by atoms with E-state index in [2.05, 4.69) is 5.32 Å². The number of rotatable bonds is 7. The molecule has 3 rings (SSSR count). The molecule has 1 atom stereocenters. The number of nitrogens with one attached hydrogen (secondary N) is 1. The first-order valence-corrected chi connectivity index (χ1v) is 11.4. The Balaban J connectivity index is 1.80. The molecule has 1 N–H and O–H groups in total. The Morgan fingerprint density at radius 1 is 1.17 bits per heavy atom. The lowest BCUT2D eigenvalue weighted by atomic mass is 10.0. The number of benzene rings is 2.